The maximum Gasteiger partial charge on any atom is 0.262 e. The topological polar surface area (TPSA) is 58.6 Å². The van der Waals surface area contributed by atoms with Crippen LogP contribution in [0.3, 0.4) is 0 Å². The van der Waals surface area contributed by atoms with Crippen molar-refractivity contribution < 1.29 is 9.53 Å². The van der Waals surface area contributed by atoms with Crippen molar-refractivity contribution in [3.63, 3.8) is 0 Å². The van der Waals surface area contributed by atoms with Crippen LogP contribution < -0.4 is 14.5 Å². The number of hydrogen-bond acceptors (Lipinski definition) is 6. The number of ether oxygens (including phenoxy) is 1. The Morgan fingerprint density at radius 1 is 1.12 bits per heavy atom. The number of nitrogens with zero attached hydrogens (tertiary/aromatic N) is 4. The Labute approximate surface area is 149 Å². The van der Waals surface area contributed by atoms with Crippen molar-refractivity contribution in [2.24, 2.45) is 0 Å². The molecule has 0 aliphatic carbocycles. The van der Waals surface area contributed by atoms with Gasteiger partial charge in [0.25, 0.3) is 5.91 Å². The number of amides is 1. The molecule has 1 amide bonds. The average Bonchev–Trinajstić information content (AvgIpc) is 3.19. The number of carbonyl (C=O) groups excluding carboxylic acids is 1. The van der Waals surface area contributed by atoms with Gasteiger partial charge in [-0.3, -0.25) is 9.69 Å². The summed E-state index contributed by atoms with van der Waals surface area (Å²) in [5.74, 6) is 0.686. The summed E-state index contributed by atoms with van der Waals surface area (Å²) in [6.07, 6.45) is -0.352. The van der Waals surface area contributed by atoms with Crippen LogP contribution in [0.5, 0.6) is 5.75 Å². The van der Waals surface area contributed by atoms with Crippen molar-refractivity contribution >= 4 is 28.8 Å². The molecule has 7 heteroatoms. The molecular weight excluding hydrogens is 336 g/mol. The summed E-state index contributed by atoms with van der Waals surface area (Å²) in [6.45, 7) is 0. The first kappa shape index (κ1) is 15.6. The molecule has 2 aromatic carbocycles. The first-order chi connectivity index (χ1) is 12.2. The molecule has 1 atom stereocenters. The fourth-order valence-corrected chi connectivity index (χ4v) is 3.59. The molecule has 0 saturated carbocycles. The van der Waals surface area contributed by atoms with Crippen molar-refractivity contribution in [1.82, 2.24) is 9.59 Å². The van der Waals surface area contributed by atoms with Gasteiger partial charge in [0.1, 0.15) is 11.4 Å². The SMILES string of the molecule is COc1ccc(N2C(=O)c3ccccc3N(C)[C@H]2c2csnn2)cc1. The predicted molar refractivity (Wildman–Crippen MR) is 97.3 cm³/mol. The van der Waals surface area contributed by atoms with Crippen LogP contribution in [0.15, 0.2) is 53.9 Å². The van der Waals surface area contributed by atoms with Crippen molar-refractivity contribution in [1.29, 1.82) is 0 Å². The van der Waals surface area contributed by atoms with Crippen LogP contribution in [-0.2, 0) is 0 Å². The van der Waals surface area contributed by atoms with E-state index < -0.39 is 0 Å². The lowest BCUT2D eigenvalue weighted by Gasteiger charge is -2.42. The number of rotatable bonds is 3. The number of aromatic nitrogens is 2. The second kappa shape index (κ2) is 6.18. The molecule has 25 heavy (non-hydrogen) atoms. The van der Waals surface area contributed by atoms with Crippen LogP contribution in [0.25, 0.3) is 0 Å². The lowest BCUT2D eigenvalue weighted by molar-refractivity contribution is 0.0969. The molecule has 0 unspecified atom stereocenters. The third-order valence-corrected chi connectivity index (χ3v) is 4.86. The second-order valence-corrected chi connectivity index (χ2v) is 6.31. The van der Waals surface area contributed by atoms with Crippen molar-refractivity contribution in [3.05, 3.63) is 65.2 Å². The van der Waals surface area contributed by atoms with Crippen molar-refractivity contribution in [2.45, 2.75) is 6.17 Å². The Morgan fingerprint density at radius 3 is 2.56 bits per heavy atom. The zero-order chi connectivity index (χ0) is 17.4. The van der Waals surface area contributed by atoms with Crippen LogP contribution >= 0.6 is 11.5 Å². The fraction of sp³-hybridized carbons (Fsp3) is 0.167. The predicted octanol–water partition coefficient (Wildman–Crippen LogP) is 3.34. The largest absolute Gasteiger partial charge is 0.497 e. The zero-order valence-corrected chi connectivity index (χ0v) is 14.6. The van der Waals surface area contributed by atoms with Gasteiger partial charge in [-0.25, -0.2) is 0 Å². The summed E-state index contributed by atoms with van der Waals surface area (Å²) < 4.78 is 9.20. The van der Waals surface area contributed by atoms with Crippen LogP contribution in [0.4, 0.5) is 11.4 Å². The number of para-hydroxylation sites is 1. The molecule has 6 nitrogen and oxygen atoms in total. The molecule has 126 valence electrons. The van der Waals surface area contributed by atoms with Crippen LogP contribution in [0.2, 0.25) is 0 Å². The Balaban J connectivity index is 1.87. The van der Waals surface area contributed by atoms with Gasteiger partial charge in [-0.05, 0) is 47.9 Å². The first-order valence-electron chi connectivity index (χ1n) is 7.77. The number of fused-ring (bicyclic) bond motifs is 1. The molecule has 0 saturated heterocycles. The second-order valence-electron chi connectivity index (χ2n) is 5.70. The van der Waals surface area contributed by atoms with E-state index >= 15 is 0 Å². The molecular formula is C18H16N4O2S. The van der Waals surface area contributed by atoms with E-state index in [0.29, 0.717) is 5.56 Å². The normalized spacial score (nSPS) is 16.7. The van der Waals surface area contributed by atoms with E-state index in [1.165, 1.54) is 11.5 Å². The van der Waals surface area contributed by atoms with E-state index in [4.69, 9.17) is 4.74 Å². The van der Waals surface area contributed by atoms with E-state index in [1.807, 2.05) is 61.0 Å². The number of hydrogen-bond donors (Lipinski definition) is 0. The van der Waals surface area contributed by atoms with Gasteiger partial charge in [0.05, 0.1) is 18.4 Å². The summed E-state index contributed by atoms with van der Waals surface area (Å²) >= 11 is 1.28. The maximum atomic E-state index is 13.2. The van der Waals surface area contributed by atoms with Gasteiger partial charge in [0.2, 0.25) is 0 Å². The minimum Gasteiger partial charge on any atom is -0.497 e. The lowest BCUT2D eigenvalue weighted by Crippen LogP contribution is -2.48. The number of carbonyl (C=O) groups is 1. The molecule has 4 rings (SSSR count). The zero-order valence-electron chi connectivity index (χ0n) is 13.8. The van der Waals surface area contributed by atoms with E-state index in [1.54, 1.807) is 12.0 Å². The number of anilines is 2. The maximum absolute atomic E-state index is 13.2. The molecule has 1 aliphatic heterocycles. The molecule has 0 bridgehead atoms. The van der Waals surface area contributed by atoms with Crippen molar-refractivity contribution in [3.8, 4) is 5.75 Å². The van der Waals surface area contributed by atoms with Gasteiger partial charge in [-0.15, -0.1) is 5.10 Å². The molecule has 2 heterocycles. The lowest BCUT2D eigenvalue weighted by atomic mass is 10.0. The molecule has 1 aliphatic rings. The number of methoxy groups -OCH3 is 1. The van der Waals surface area contributed by atoms with E-state index in [0.717, 1.165) is 22.8 Å². The highest BCUT2D eigenvalue weighted by Gasteiger charge is 2.38. The highest BCUT2D eigenvalue weighted by molar-refractivity contribution is 7.03. The Bertz CT molecular complexity index is 896. The highest BCUT2D eigenvalue weighted by atomic mass is 32.1. The summed E-state index contributed by atoms with van der Waals surface area (Å²) in [6, 6.07) is 15.1. The van der Waals surface area contributed by atoms with Crippen LogP contribution in [-0.4, -0.2) is 29.7 Å². The van der Waals surface area contributed by atoms with E-state index in [2.05, 4.69) is 14.5 Å². The average molecular weight is 352 g/mol. The van der Waals surface area contributed by atoms with Crippen molar-refractivity contribution in [2.75, 3.05) is 24.0 Å². The third kappa shape index (κ3) is 2.53. The smallest absolute Gasteiger partial charge is 0.262 e. The summed E-state index contributed by atoms with van der Waals surface area (Å²) in [5, 5.41) is 6.09. The first-order valence-corrected chi connectivity index (χ1v) is 8.61. The van der Waals surface area contributed by atoms with Gasteiger partial charge in [0, 0.05) is 18.1 Å². The molecule has 0 N–H and O–H groups in total. The van der Waals surface area contributed by atoms with Gasteiger partial charge < -0.3 is 9.64 Å². The van der Waals surface area contributed by atoms with E-state index in [-0.39, 0.29) is 12.1 Å². The highest BCUT2D eigenvalue weighted by Crippen LogP contribution is 2.40. The summed E-state index contributed by atoms with van der Waals surface area (Å²) in [7, 11) is 3.58. The fourth-order valence-electron chi connectivity index (χ4n) is 3.12. The molecule has 0 spiro atoms. The Morgan fingerprint density at radius 2 is 1.88 bits per heavy atom. The Kier molecular flexibility index (Phi) is 3.85. The van der Waals surface area contributed by atoms with Gasteiger partial charge >= 0.3 is 0 Å². The Hall–Kier alpha value is -2.93. The molecule has 3 aromatic rings. The summed E-state index contributed by atoms with van der Waals surface area (Å²) in [5.41, 5.74) is 3.08. The van der Waals surface area contributed by atoms with Gasteiger partial charge in [-0.2, -0.15) is 0 Å². The molecule has 1 aromatic heterocycles. The minimum absolute atomic E-state index is 0.0585. The van der Waals surface area contributed by atoms with Gasteiger partial charge in [0.15, 0.2) is 6.17 Å². The third-order valence-electron chi connectivity index (χ3n) is 4.34. The number of benzene rings is 2. The van der Waals surface area contributed by atoms with Crippen LogP contribution in [0, 0.1) is 0 Å². The minimum atomic E-state index is -0.352. The standard InChI is InChI=1S/C18H16N4O2S/c1-21-16-6-4-3-5-14(16)18(23)22(17(21)15-11-25-20-19-15)12-7-9-13(24-2)10-8-12/h3-11,17H,1-2H3/t17-/m1/s1. The van der Waals surface area contributed by atoms with Gasteiger partial charge in [-0.1, -0.05) is 16.6 Å². The quantitative estimate of drug-likeness (QED) is 0.723. The molecule has 0 fully saturated rings. The monoisotopic (exact) mass is 352 g/mol. The van der Waals surface area contributed by atoms with E-state index in [9.17, 15) is 4.79 Å². The summed E-state index contributed by atoms with van der Waals surface area (Å²) in [4.78, 5) is 17.0. The molecule has 0 radical (unpaired) electrons. The van der Waals surface area contributed by atoms with Crippen LogP contribution in [0.1, 0.15) is 22.2 Å².